The first-order valence-electron chi connectivity index (χ1n) is 2.94. The van der Waals surface area contributed by atoms with Crippen LogP contribution in [0.3, 0.4) is 0 Å². The quantitative estimate of drug-likeness (QED) is 0.425. The highest BCUT2D eigenvalue weighted by Gasteiger charge is 2.16. The van der Waals surface area contributed by atoms with Crippen LogP contribution in [0.4, 0.5) is 0 Å². The Bertz CT molecular complexity index is 135. The van der Waals surface area contributed by atoms with Crippen LogP contribution in [0.15, 0.2) is 11.5 Å². The molecule has 1 rings (SSSR count). The molecular weight excluding hydrogens is 134 g/mol. The minimum absolute atomic E-state index is 0.0139. The Balaban J connectivity index is 2.48. The maximum atomic E-state index is 10.3. The van der Waals surface area contributed by atoms with Gasteiger partial charge >= 0.3 is 0 Å². The van der Waals surface area contributed by atoms with Gasteiger partial charge in [-0.05, 0) is 17.4 Å². The molecule has 9 heavy (non-hydrogen) atoms. The second-order valence-electron chi connectivity index (χ2n) is 1.79. The van der Waals surface area contributed by atoms with Crippen molar-refractivity contribution in [3.8, 4) is 0 Å². The summed E-state index contributed by atoms with van der Waals surface area (Å²) in [4.78, 5) is 10.3. The van der Waals surface area contributed by atoms with Crippen LogP contribution in [-0.2, 0) is 4.79 Å². The second kappa shape index (κ2) is 3.03. The molecular formula is C6H9NOS. The summed E-state index contributed by atoms with van der Waals surface area (Å²) in [5, 5.41) is 1.95. The van der Waals surface area contributed by atoms with Crippen molar-refractivity contribution in [2.24, 2.45) is 0 Å². The molecule has 1 aliphatic heterocycles. The topological polar surface area (TPSA) is 20.3 Å². The minimum Gasteiger partial charge on any atom is -0.301 e. The Kier molecular flexibility index (Phi) is 2.30. The van der Waals surface area contributed by atoms with Gasteiger partial charge in [0.2, 0.25) is 0 Å². The summed E-state index contributed by atoms with van der Waals surface area (Å²) in [5.74, 6) is 0. The van der Waals surface area contributed by atoms with E-state index in [0.717, 1.165) is 12.8 Å². The third-order valence-corrected chi connectivity index (χ3v) is 2.31. The van der Waals surface area contributed by atoms with Crippen molar-refractivity contribution in [2.45, 2.75) is 13.0 Å². The molecule has 0 bridgehead atoms. The first-order chi connectivity index (χ1) is 4.38. The van der Waals surface area contributed by atoms with E-state index in [0.29, 0.717) is 0 Å². The van der Waals surface area contributed by atoms with E-state index in [1.807, 2.05) is 22.7 Å². The normalized spacial score (nSPS) is 27.0. The summed E-state index contributed by atoms with van der Waals surface area (Å²) < 4.78 is 2.02. The number of hydrogen-bond acceptors (Lipinski definition) is 3. The lowest BCUT2D eigenvalue weighted by Gasteiger charge is -2.14. The average Bonchev–Trinajstić information content (AvgIpc) is 2.33. The summed E-state index contributed by atoms with van der Waals surface area (Å²) in [6, 6.07) is 0.0139. The lowest BCUT2D eigenvalue weighted by atomic mass is 10.3. The molecule has 0 aromatic rings. The van der Waals surface area contributed by atoms with Gasteiger partial charge in [-0.3, -0.25) is 0 Å². The molecule has 3 heteroatoms. The zero-order chi connectivity index (χ0) is 6.69. The van der Waals surface area contributed by atoms with Gasteiger partial charge in [-0.25, -0.2) is 4.31 Å². The van der Waals surface area contributed by atoms with E-state index in [1.165, 1.54) is 0 Å². The summed E-state index contributed by atoms with van der Waals surface area (Å²) in [7, 11) is 0. The lowest BCUT2D eigenvalue weighted by molar-refractivity contribution is -0.109. The van der Waals surface area contributed by atoms with Crippen LogP contribution in [-0.4, -0.2) is 23.2 Å². The molecule has 2 nitrogen and oxygen atoms in total. The van der Waals surface area contributed by atoms with Crippen LogP contribution in [0.1, 0.15) is 6.92 Å². The fourth-order valence-electron chi connectivity index (χ4n) is 0.759. The molecule has 0 fully saturated rings. The number of rotatable bonds is 2. The van der Waals surface area contributed by atoms with Crippen molar-refractivity contribution in [1.82, 2.24) is 4.31 Å². The van der Waals surface area contributed by atoms with E-state index >= 15 is 0 Å². The smallest absolute Gasteiger partial charge is 0.141 e. The second-order valence-corrected chi connectivity index (χ2v) is 2.75. The van der Waals surface area contributed by atoms with Gasteiger partial charge in [0.15, 0.2) is 0 Å². The monoisotopic (exact) mass is 143 g/mol. The SMILES string of the molecule is CCN1SC=CC1C=O. The van der Waals surface area contributed by atoms with Crippen LogP contribution >= 0.6 is 11.9 Å². The van der Waals surface area contributed by atoms with E-state index in [9.17, 15) is 4.79 Å². The van der Waals surface area contributed by atoms with Gasteiger partial charge in [-0.2, -0.15) is 0 Å². The Morgan fingerprint density at radius 2 is 2.67 bits per heavy atom. The van der Waals surface area contributed by atoms with E-state index < -0.39 is 0 Å². The first kappa shape index (κ1) is 6.83. The zero-order valence-electron chi connectivity index (χ0n) is 5.28. The fourth-order valence-corrected chi connectivity index (χ4v) is 1.56. The summed E-state index contributed by atoms with van der Waals surface area (Å²) in [5.41, 5.74) is 0. The van der Waals surface area contributed by atoms with Gasteiger partial charge in [0.05, 0.1) is 6.04 Å². The van der Waals surface area contributed by atoms with E-state index in [-0.39, 0.29) is 6.04 Å². The van der Waals surface area contributed by atoms with Crippen molar-refractivity contribution in [3.63, 3.8) is 0 Å². The Morgan fingerprint density at radius 1 is 1.89 bits per heavy atom. The Morgan fingerprint density at radius 3 is 3.11 bits per heavy atom. The van der Waals surface area contributed by atoms with Crippen molar-refractivity contribution in [1.29, 1.82) is 0 Å². The molecule has 0 N–H and O–H groups in total. The standard InChI is InChI=1S/C6H9NOS/c1-2-7-6(5-8)3-4-9-7/h3-6H,2H2,1H3. The van der Waals surface area contributed by atoms with E-state index in [2.05, 4.69) is 0 Å². The number of likely N-dealkylation sites (N-methyl/N-ethyl adjacent to an activating group) is 1. The summed E-state index contributed by atoms with van der Waals surface area (Å²) >= 11 is 1.60. The predicted molar refractivity (Wildman–Crippen MR) is 39.0 cm³/mol. The zero-order valence-corrected chi connectivity index (χ0v) is 6.10. The minimum atomic E-state index is 0.0139. The summed E-state index contributed by atoms with van der Waals surface area (Å²) in [6.45, 7) is 2.96. The molecule has 0 aromatic carbocycles. The number of carbonyl (C=O) groups is 1. The van der Waals surface area contributed by atoms with Gasteiger partial charge in [0, 0.05) is 6.54 Å². The van der Waals surface area contributed by atoms with Crippen molar-refractivity contribution < 1.29 is 4.79 Å². The fraction of sp³-hybridized carbons (Fsp3) is 0.500. The van der Waals surface area contributed by atoms with Gasteiger partial charge < -0.3 is 4.79 Å². The maximum absolute atomic E-state index is 10.3. The molecule has 0 amide bonds. The van der Waals surface area contributed by atoms with Crippen LogP contribution < -0.4 is 0 Å². The number of aldehydes is 1. The van der Waals surface area contributed by atoms with Crippen LogP contribution in [0.25, 0.3) is 0 Å². The highest BCUT2D eigenvalue weighted by Crippen LogP contribution is 2.21. The highest BCUT2D eigenvalue weighted by atomic mass is 32.2. The molecule has 1 atom stereocenters. The number of nitrogens with zero attached hydrogens (tertiary/aromatic N) is 1. The van der Waals surface area contributed by atoms with E-state index in [1.54, 1.807) is 11.9 Å². The molecule has 1 heterocycles. The van der Waals surface area contributed by atoms with Crippen LogP contribution in [0.5, 0.6) is 0 Å². The molecule has 0 spiro atoms. The third-order valence-electron chi connectivity index (χ3n) is 1.26. The number of carbonyl (C=O) groups excluding carboxylic acids is 1. The maximum Gasteiger partial charge on any atom is 0.141 e. The molecule has 0 saturated heterocycles. The average molecular weight is 143 g/mol. The van der Waals surface area contributed by atoms with Crippen molar-refractivity contribution in [3.05, 3.63) is 11.5 Å². The molecule has 0 saturated carbocycles. The Hall–Kier alpha value is -0.280. The number of hydrogen-bond donors (Lipinski definition) is 0. The van der Waals surface area contributed by atoms with Crippen molar-refractivity contribution >= 4 is 18.2 Å². The van der Waals surface area contributed by atoms with Gasteiger partial charge in [-0.1, -0.05) is 13.0 Å². The van der Waals surface area contributed by atoms with Crippen molar-refractivity contribution in [2.75, 3.05) is 6.54 Å². The predicted octanol–water partition coefficient (Wildman–Crippen LogP) is 1.05. The lowest BCUT2D eigenvalue weighted by Crippen LogP contribution is -2.24. The van der Waals surface area contributed by atoms with Gasteiger partial charge in [-0.15, -0.1) is 0 Å². The third kappa shape index (κ3) is 1.34. The van der Waals surface area contributed by atoms with Gasteiger partial charge in [0.25, 0.3) is 0 Å². The summed E-state index contributed by atoms with van der Waals surface area (Å²) in [6.07, 6.45) is 2.86. The van der Waals surface area contributed by atoms with Crippen LogP contribution in [0, 0.1) is 0 Å². The molecule has 1 aliphatic rings. The molecule has 50 valence electrons. The molecule has 0 aromatic heterocycles. The van der Waals surface area contributed by atoms with Crippen LogP contribution in [0.2, 0.25) is 0 Å². The highest BCUT2D eigenvalue weighted by molar-refractivity contribution is 8.00. The Labute approximate surface area is 59.0 Å². The first-order valence-corrected chi connectivity index (χ1v) is 3.77. The molecule has 0 aliphatic carbocycles. The van der Waals surface area contributed by atoms with E-state index in [4.69, 9.17) is 0 Å². The largest absolute Gasteiger partial charge is 0.301 e. The molecule has 1 unspecified atom stereocenters. The van der Waals surface area contributed by atoms with Gasteiger partial charge in [0.1, 0.15) is 6.29 Å². The molecule has 0 radical (unpaired) electrons.